The molecule has 0 aromatic rings. The maximum atomic E-state index is 8.58. The molecule has 0 amide bonds. The summed E-state index contributed by atoms with van der Waals surface area (Å²) < 4.78 is 0. The predicted octanol–water partition coefficient (Wildman–Crippen LogP) is 0.942. The molecule has 0 radical (unpaired) electrons. The second-order valence-corrected chi connectivity index (χ2v) is 2.30. The molecule has 66 valence electrons. The van der Waals surface area contributed by atoms with Gasteiger partial charge in [-0.25, -0.2) is 0 Å². The van der Waals surface area contributed by atoms with Gasteiger partial charge in [0.25, 0.3) is 0 Å². The molecule has 0 aliphatic heterocycles. The summed E-state index contributed by atoms with van der Waals surface area (Å²) in [6.45, 7) is 6.27. The Kier molecular flexibility index (Phi) is 5.76. The van der Waals surface area contributed by atoms with E-state index >= 15 is 0 Å². The van der Waals surface area contributed by atoms with Crippen LogP contribution in [0.3, 0.4) is 0 Å². The maximum Gasteiger partial charge on any atom is 0.101 e. The van der Waals surface area contributed by atoms with Crippen molar-refractivity contribution in [2.24, 2.45) is 0 Å². The first kappa shape index (κ1) is 10.7. The van der Waals surface area contributed by atoms with Gasteiger partial charge in [0.15, 0.2) is 0 Å². The second kappa shape index (κ2) is 6.44. The van der Waals surface area contributed by atoms with E-state index in [0.717, 1.165) is 0 Å². The molecule has 2 N–H and O–H groups in total. The van der Waals surface area contributed by atoms with Gasteiger partial charge in [-0.1, -0.05) is 12.7 Å². The number of nitrogens with zero attached hydrogens (tertiary/aromatic N) is 1. The molecule has 0 aromatic heterocycles. The molecule has 0 bridgehead atoms. The monoisotopic (exact) mass is 166 g/mol. The first-order valence-corrected chi connectivity index (χ1v) is 3.86. The Morgan fingerprint density at radius 3 is 2.83 bits per heavy atom. The highest BCUT2D eigenvalue weighted by Crippen LogP contribution is 2.01. The van der Waals surface area contributed by atoms with Crippen LogP contribution >= 0.6 is 0 Å². The summed E-state index contributed by atoms with van der Waals surface area (Å²) in [5.41, 5.74) is 1.17. The average molecular weight is 166 g/mol. The first-order chi connectivity index (χ1) is 5.76. The van der Waals surface area contributed by atoms with Crippen molar-refractivity contribution in [3.05, 3.63) is 23.9 Å². The van der Waals surface area contributed by atoms with Gasteiger partial charge in [-0.2, -0.15) is 5.26 Å². The highest BCUT2D eigenvalue weighted by Gasteiger charge is 1.97. The van der Waals surface area contributed by atoms with E-state index in [4.69, 9.17) is 10.4 Å². The summed E-state index contributed by atoms with van der Waals surface area (Å²) in [4.78, 5) is 0. The van der Waals surface area contributed by atoms with Gasteiger partial charge in [0.1, 0.15) is 6.07 Å². The third-order valence-electron chi connectivity index (χ3n) is 1.41. The van der Waals surface area contributed by atoms with E-state index in [1.807, 2.05) is 6.07 Å². The van der Waals surface area contributed by atoms with Gasteiger partial charge in [-0.15, -0.1) is 0 Å². The number of allylic oxidation sites excluding steroid dienone is 2. The molecular formula is C9H14N2O. The number of aliphatic hydroxyl groups excluding tert-OH is 1. The van der Waals surface area contributed by atoms with Crippen LogP contribution in [0.5, 0.6) is 0 Å². The Morgan fingerprint density at radius 1 is 1.75 bits per heavy atom. The zero-order chi connectivity index (χ0) is 9.40. The minimum absolute atomic E-state index is 0.151. The van der Waals surface area contributed by atoms with Crippen LogP contribution in [0.2, 0.25) is 0 Å². The van der Waals surface area contributed by atoms with Crippen molar-refractivity contribution >= 4 is 0 Å². The molecule has 0 aromatic carbocycles. The van der Waals surface area contributed by atoms with Crippen LogP contribution in [-0.4, -0.2) is 18.3 Å². The molecule has 3 nitrogen and oxygen atoms in total. The zero-order valence-corrected chi connectivity index (χ0v) is 7.30. The van der Waals surface area contributed by atoms with Crippen LogP contribution < -0.4 is 5.32 Å². The quantitative estimate of drug-likeness (QED) is 0.363. The van der Waals surface area contributed by atoms with E-state index in [1.54, 1.807) is 13.0 Å². The van der Waals surface area contributed by atoms with E-state index in [0.29, 0.717) is 24.2 Å². The highest BCUT2D eigenvalue weighted by molar-refractivity contribution is 5.38. The minimum Gasteiger partial charge on any atom is -0.396 e. The van der Waals surface area contributed by atoms with Crippen molar-refractivity contribution in [1.82, 2.24) is 5.32 Å². The van der Waals surface area contributed by atoms with Crippen molar-refractivity contribution in [1.29, 1.82) is 5.26 Å². The molecule has 3 heteroatoms. The van der Waals surface area contributed by atoms with Gasteiger partial charge in [0.05, 0.1) is 5.57 Å². The lowest BCUT2D eigenvalue weighted by Gasteiger charge is -2.06. The average Bonchev–Trinajstić information content (AvgIpc) is 2.07. The molecule has 12 heavy (non-hydrogen) atoms. The topological polar surface area (TPSA) is 56.0 Å². The van der Waals surface area contributed by atoms with E-state index in [9.17, 15) is 0 Å². The van der Waals surface area contributed by atoms with Crippen LogP contribution in [-0.2, 0) is 0 Å². The SMILES string of the molecule is C=C(NCCCO)/C(C#N)=C\C. The van der Waals surface area contributed by atoms with Gasteiger partial charge in [-0.3, -0.25) is 0 Å². The molecule has 0 spiro atoms. The molecule has 0 aliphatic carbocycles. The van der Waals surface area contributed by atoms with Crippen LogP contribution in [0.1, 0.15) is 13.3 Å². The third kappa shape index (κ3) is 3.79. The summed E-state index contributed by atoms with van der Waals surface area (Å²) in [5.74, 6) is 0. The van der Waals surface area contributed by atoms with E-state index in [-0.39, 0.29) is 6.61 Å². The van der Waals surface area contributed by atoms with Gasteiger partial charge in [0.2, 0.25) is 0 Å². The lowest BCUT2D eigenvalue weighted by Crippen LogP contribution is -2.15. The Balaban J connectivity index is 3.81. The van der Waals surface area contributed by atoms with Crippen LogP contribution in [0.4, 0.5) is 0 Å². The molecule has 0 heterocycles. The zero-order valence-electron chi connectivity index (χ0n) is 7.30. The minimum atomic E-state index is 0.151. The summed E-state index contributed by atoms with van der Waals surface area (Å²) in [5, 5.41) is 20.0. The van der Waals surface area contributed by atoms with E-state index in [1.165, 1.54) is 0 Å². The van der Waals surface area contributed by atoms with Crippen LogP contribution in [0.15, 0.2) is 23.9 Å². The normalized spacial score (nSPS) is 10.6. The molecule has 0 rings (SSSR count). The van der Waals surface area contributed by atoms with E-state index < -0.39 is 0 Å². The smallest absolute Gasteiger partial charge is 0.101 e. The largest absolute Gasteiger partial charge is 0.396 e. The lowest BCUT2D eigenvalue weighted by molar-refractivity contribution is 0.288. The van der Waals surface area contributed by atoms with E-state index in [2.05, 4.69) is 11.9 Å². The number of hydrogen-bond acceptors (Lipinski definition) is 3. The molecule has 0 atom stereocenters. The summed E-state index contributed by atoms with van der Waals surface area (Å²) >= 11 is 0. The summed E-state index contributed by atoms with van der Waals surface area (Å²) in [6, 6.07) is 2.01. The number of nitriles is 1. The van der Waals surface area contributed by atoms with Gasteiger partial charge < -0.3 is 10.4 Å². The van der Waals surface area contributed by atoms with Gasteiger partial charge in [0, 0.05) is 18.8 Å². The Labute approximate surface area is 73.0 Å². The highest BCUT2D eigenvalue weighted by atomic mass is 16.3. The Morgan fingerprint density at radius 2 is 2.42 bits per heavy atom. The third-order valence-corrected chi connectivity index (χ3v) is 1.41. The van der Waals surface area contributed by atoms with Crippen molar-refractivity contribution in [3.8, 4) is 6.07 Å². The lowest BCUT2D eigenvalue weighted by atomic mass is 10.2. The van der Waals surface area contributed by atoms with Crippen LogP contribution in [0.25, 0.3) is 0 Å². The first-order valence-electron chi connectivity index (χ1n) is 3.86. The second-order valence-electron chi connectivity index (χ2n) is 2.30. The van der Waals surface area contributed by atoms with Crippen molar-refractivity contribution in [2.45, 2.75) is 13.3 Å². The number of rotatable bonds is 5. The molecule has 0 aliphatic rings. The fourth-order valence-corrected chi connectivity index (χ4v) is 0.720. The van der Waals surface area contributed by atoms with Crippen LogP contribution in [0, 0.1) is 11.3 Å². The molecule has 0 saturated heterocycles. The Bertz CT molecular complexity index is 213. The fourth-order valence-electron chi connectivity index (χ4n) is 0.720. The summed E-state index contributed by atoms with van der Waals surface area (Å²) in [7, 11) is 0. The number of aliphatic hydroxyl groups is 1. The van der Waals surface area contributed by atoms with Gasteiger partial charge >= 0.3 is 0 Å². The molecule has 0 saturated carbocycles. The van der Waals surface area contributed by atoms with Crippen molar-refractivity contribution in [2.75, 3.05) is 13.2 Å². The maximum absolute atomic E-state index is 8.58. The fraction of sp³-hybridized carbons (Fsp3) is 0.444. The standard InChI is InChI=1S/C9H14N2O/c1-3-9(7-10)8(2)11-5-4-6-12/h3,11-12H,2,4-6H2,1H3/b9-3-. The molecule has 0 unspecified atom stereocenters. The van der Waals surface area contributed by atoms with Crippen molar-refractivity contribution in [3.63, 3.8) is 0 Å². The molecule has 0 fully saturated rings. The molecular weight excluding hydrogens is 152 g/mol. The predicted molar refractivity (Wildman–Crippen MR) is 48.2 cm³/mol. The van der Waals surface area contributed by atoms with Gasteiger partial charge in [-0.05, 0) is 13.3 Å². The summed E-state index contributed by atoms with van der Waals surface area (Å²) in [6.07, 6.45) is 2.37. The Hall–Kier alpha value is -1.27. The van der Waals surface area contributed by atoms with Crippen molar-refractivity contribution < 1.29 is 5.11 Å². The number of hydrogen-bond donors (Lipinski definition) is 2. The number of nitrogens with one attached hydrogen (secondary N) is 1.